The fourth-order valence-corrected chi connectivity index (χ4v) is 2.90. The molecule has 0 aliphatic heterocycles. The van der Waals surface area contributed by atoms with E-state index in [-0.39, 0.29) is 0 Å². The van der Waals surface area contributed by atoms with Crippen molar-refractivity contribution in [2.75, 3.05) is 11.6 Å². The second-order valence-corrected chi connectivity index (χ2v) is 6.17. The zero-order valence-corrected chi connectivity index (χ0v) is 13.7. The molecule has 0 unspecified atom stereocenters. The van der Waals surface area contributed by atoms with E-state index >= 15 is 0 Å². The molecule has 2 aromatic carbocycles. The monoisotopic (exact) mass is 348 g/mol. The van der Waals surface area contributed by atoms with Gasteiger partial charge in [0, 0.05) is 28.7 Å². The Morgan fingerprint density at radius 3 is 2.67 bits per heavy atom. The molecule has 0 fully saturated rings. The van der Waals surface area contributed by atoms with Gasteiger partial charge < -0.3 is 5.32 Å². The Balaban J connectivity index is 1.84. The van der Waals surface area contributed by atoms with Gasteiger partial charge in [-0.05, 0) is 48.2 Å². The van der Waals surface area contributed by atoms with E-state index in [4.69, 9.17) is 0 Å². The zero-order chi connectivity index (χ0) is 17.2. The lowest BCUT2D eigenvalue weighted by Gasteiger charge is -2.12. The SMILES string of the molecule is CSc1ccc2c(NCc3cccc(C(F)(F)F)c3)ccnc2c1. The van der Waals surface area contributed by atoms with Gasteiger partial charge in [0.15, 0.2) is 0 Å². The van der Waals surface area contributed by atoms with Crippen LogP contribution in [0.4, 0.5) is 18.9 Å². The lowest BCUT2D eigenvalue weighted by Crippen LogP contribution is -2.07. The van der Waals surface area contributed by atoms with E-state index in [1.54, 1.807) is 24.0 Å². The van der Waals surface area contributed by atoms with Crippen molar-refractivity contribution in [2.45, 2.75) is 17.6 Å². The number of nitrogens with one attached hydrogen (secondary N) is 1. The molecule has 3 rings (SSSR count). The molecule has 1 N–H and O–H groups in total. The van der Waals surface area contributed by atoms with Crippen molar-refractivity contribution in [1.29, 1.82) is 0 Å². The van der Waals surface area contributed by atoms with Gasteiger partial charge in [-0.15, -0.1) is 11.8 Å². The summed E-state index contributed by atoms with van der Waals surface area (Å²) >= 11 is 1.64. The van der Waals surface area contributed by atoms with Gasteiger partial charge in [0.2, 0.25) is 0 Å². The summed E-state index contributed by atoms with van der Waals surface area (Å²) in [6, 6.07) is 13.2. The molecular weight excluding hydrogens is 333 g/mol. The number of alkyl halides is 3. The largest absolute Gasteiger partial charge is 0.416 e. The molecule has 0 spiro atoms. The third-order valence-electron chi connectivity index (χ3n) is 3.69. The van der Waals surface area contributed by atoms with E-state index < -0.39 is 11.7 Å². The predicted octanol–water partition coefficient (Wildman–Crippen LogP) is 5.59. The Bertz CT molecular complexity index is 862. The fourth-order valence-electron chi connectivity index (χ4n) is 2.46. The van der Waals surface area contributed by atoms with Gasteiger partial charge >= 0.3 is 6.18 Å². The Labute approximate surface area is 142 Å². The maximum atomic E-state index is 12.8. The average molecular weight is 348 g/mol. The number of pyridine rings is 1. The number of hydrogen-bond donors (Lipinski definition) is 1. The Kier molecular flexibility index (Phi) is 4.66. The molecule has 0 radical (unpaired) electrons. The van der Waals surface area contributed by atoms with Crippen LogP contribution in [0.25, 0.3) is 10.9 Å². The maximum absolute atomic E-state index is 12.8. The number of fused-ring (bicyclic) bond motifs is 1. The van der Waals surface area contributed by atoms with Crippen LogP contribution in [-0.4, -0.2) is 11.2 Å². The summed E-state index contributed by atoms with van der Waals surface area (Å²) in [6.07, 6.45) is -0.634. The van der Waals surface area contributed by atoms with Crippen molar-refractivity contribution >= 4 is 28.4 Å². The Morgan fingerprint density at radius 2 is 1.92 bits per heavy atom. The highest BCUT2D eigenvalue weighted by Crippen LogP contribution is 2.30. The lowest BCUT2D eigenvalue weighted by molar-refractivity contribution is -0.137. The van der Waals surface area contributed by atoms with Crippen LogP contribution in [0, 0.1) is 0 Å². The van der Waals surface area contributed by atoms with Crippen molar-refractivity contribution in [3.63, 3.8) is 0 Å². The summed E-state index contributed by atoms with van der Waals surface area (Å²) in [5.74, 6) is 0. The van der Waals surface area contributed by atoms with Crippen LogP contribution in [-0.2, 0) is 12.7 Å². The highest BCUT2D eigenvalue weighted by atomic mass is 32.2. The van der Waals surface area contributed by atoms with Crippen LogP contribution in [0.15, 0.2) is 59.6 Å². The van der Waals surface area contributed by atoms with Crippen molar-refractivity contribution in [2.24, 2.45) is 0 Å². The average Bonchev–Trinajstić information content (AvgIpc) is 2.59. The Morgan fingerprint density at radius 1 is 1.08 bits per heavy atom. The number of halogens is 3. The summed E-state index contributed by atoms with van der Waals surface area (Å²) in [5, 5.41) is 4.15. The van der Waals surface area contributed by atoms with Crippen molar-refractivity contribution < 1.29 is 13.2 Å². The van der Waals surface area contributed by atoms with E-state index in [1.165, 1.54) is 12.1 Å². The molecule has 1 aromatic heterocycles. The summed E-state index contributed by atoms with van der Waals surface area (Å²) in [5.41, 5.74) is 1.66. The van der Waals surface area contributed by atoms with Crippen LogP contribution in [0.5, 0.6) is 0 Å². The van der Waals surface area contributed by atoms with Gasteiger partial charge in [-0.2, -0.15) is 13.2 Å². The minimum Gasteiger partial charge on any atom is -0.380 e. The number of nitrogens with zero attached hydrogens (tertiary/aromatic N) is 1. The number of aromatic nitrogens is 1. The van der Waals surface area contributed by atoms with Gasteiger partial charge in [0.1, 0.15) is 0 Å². The molecule has 3 aromatic rings. The third kappa shape index (κ3) is 3.64. The van der Waals surface area contributed by atoms with Gasteiger partial charge in [0.05, 0.1) is 11.1 Å². The first kappa shape index (κ1) is 16.6. The Hall–Kier alpha value is -2.21. The summed E-state index contributed by atoms with van der Waals surface area (Å²) in [7, 11) is 0. The van der Waals surface area contributed by atoms with Gasteiger partial charge in [0.25, 0.3) is 0 Å². The van der Waals surface area contributed by atoms with E-state index in [0.717, 1.165) is 27.6 Å². The van der Waals surface area contributed by atoms with Crippen LogP contribution >= 0.6 is 11.8 Å². The molecule has 0 atom stereocenters. The summed E-state index contributed by atoms with van der Waals surface area (Å²) < 4.78 is 38.3. The molecular formula is C18H15F3N2S. The topological polar surface area (TPSA) is 24.9 Å². The molecule has 0 aliphatic rings. The summed E-state index contributed by atoms with van der Waals surface area (Å²) in [6.45, 7) is 0.313. The van der Waals surface area contributed by atoms with Gasteiger partial charge in [-0.1, -0.05) is 12.1 Å². The number of hydrogen-bond acceptors (Lipinski definition) is 3. The molecule has 24 heavy (non-hydrogen) atoms. The second kappa shape index (κ2) is 6.73. The number of thioether (sulfide) groups is 1. The number of benzene rings is 2. The minimum atomic E-state index is -4.33. The zero-order valence-electron chi connectivity index (χ0n) is 12.9. The van der Waals surface area contributed by atoms with Crippen molar-refractivity contribution in [1.82, 2.24) is 4.98 Å². The van der Waals surface area contributed by atoms with E-state index in [1.807, 2.05) is 30.5 Å². The predicted molar refractivity (Wildman–Crippen MR) is 92.3 cm³/mol. The van der Waals surface area contributed by atoms with Crippen LogP contribution in [0.2, 0.25) is 0 Å². The maximum Gasteiger partial charge on any atom is 0.416 e. The molecule has 0 aliphatic carbocycles. The second-order valence-electron chi connectivity index (χ2n) is 5.29. The molecule has 2 nitrogen and oxygen atoms in total. The minimum absolute atomic E-state index is 0.313. The lowest BCUT2D eigenvalue weighted by atomic mass is 10.1. The molecule has 0 saturated heterocycles. The third-order valence-corrected chi connectivity index (χ3v) is 4.41. The van der Waals surface area contributed by atoms with Crippen molar-refractivity contribution in [3.8, 4) is 0 Å². The van der Waals surface area contributed by atoms with E-state index in [0.29, 0.717) is 12.1 Å². The van der Waals surface area contributed by atoms with E-state index in [2.05, 4.69) is 10.3 Å². The van der Waals surface area contributed by atoms with Crippen LogP contribution < -0.4 is 5.32 Å². The molecule has 0 bridgehead atoms. The first-order chi connectivity index (χ1) is 11.5. The highest BCUT2D eigenvalue weighted by Gasteiger charge is 2.30. The molecule has 1 heterocycles. The normalized spacial score (nSPS) is 11.7. The van der Waals surface area contributed by atoms with E-state index in [9.17, 15) is 13.2 Å². The molecule has 6 heteroatoms. The summed E-state index contributed by atoms with van der Waals surface area (Å²) in [4.78, 5) is 5.47. The first-order valence-electron chi connectivity index (χ1n) is 7.30. The van der Waals surface area contributed by atoms with Gasteiger partial charge in [-0.3, -0.25) is 4.98 Å². The quantitative estimate of drug-likeness (QED) is 0.622. The molecule has 0 saturated carbocycles. The standard InChI is InChI=1S/C18H15F3N2S/c1-24-14-5-6-15-16(7-8-22-17(15)10-14)23-11-12-3-2-4-13(9-12)18(19,20)21/h2-10H,11H2,1H3,(H,22,23). The number of anilines is 1. The first-order valence-corrected chi connectivity index (χ1v) is 8.52. The highest BCUT2D eigenvalue weighted by molar-refractivity contribution is 7.98. The smallest absolute Gasteiger partial charge is 0.380 e. The molecule has 0 amide bonds. The van der Waals surface area contributed by atoms with Crippen LogP contribution in [0.1, 0.15) is 11.1 Å². The fraction of sp³-hybridized carbons (Fsp3) is 0.167. The van der Waals surface area contributed by atoms with Crippen LogP contribution in [0.3, 0.4) is 0 Å². The molecule has 124 valence electrons. The van der Waals surface area contributed by atoms with Crippen molar-refractivity contribution in [3.05, 3.63) is 65.9 Å². The number of rotatable bonds is 4. The van der Waals surface area contributed by atoms with Gasteiger partial charge in [-0.25, -0.2) is 0 Å².